The summed E-state index contributed by atoms with van der Waals surface area (Å²) in [6.45, 7) is 0.887. The monoisotopic (exact) mass is 397 g/mol. The Morgan fingerprint density at radius 3 is 2.54 bits per heavy atom. The van der Waals surface area contributed by atoms with Gasteiger partial charge in [-0.15, -0.1) is 0 Å². The summed E-state index contributed by atoms with van der Waals surface area (Å²) < 4.78 is 5.61. The highest BCUT2D eigenvalue weighted by molar-refractivity contribution is 6.30. The van der Waals surface area contributed by atoms with Crippen molar-refractivity contribution in [2.24, 2.45) is 0 Å². The number of carboxylic acid groups (broad SMARTS) is 1. The van der Waals surface area contributed by atoms with E-state index in [0.29, 0.717) is 42.7 Å². The summed E-state index contributed by atoms with van der Waals surface area (Å²) in [5.74, 6) is 0.0744. The number of hydrogen-bond donors (Lipinski definition) is 2. The molecule has 0 unspecified atom stereocenters. The maximum atomic E-state index is 11.5. The molecule has 0 radical (unpaired) electrons. The number of ether oxygens (including phenoxy) is 1. The van der Waals surface area contributed by atoms with E-state index in [1.807, 2.05) is 30.3 Å². The largest absolute Gasteiger partial charge is 0.492 e. The number of aromatic nitrogens is 2. The van der Waals surface area contributed by atoms with Crippen LogP contribution in [-0.2, 0) is 12.8 Å². The molecule has 7 heteroatoms. The van der Waals surface area contributed by atoms with Crippen LogP contribution in [0.3, 0.4) is 0 Å². The molecule has 144 valence electrons. The van der Waals surface area contributed by atoms with Crippen LogP contribution in [0.4, 0.5) is 5.95 Å². The maximum Gasteiger partial charge on any atom is 0.339 e. The second kappa shape index (κ2) is 9.71. The summed E-state index contributed by atoms with van der Waals surface area (Å²) >= 11 is 5.84. The van der Waals surface area contributed by atoms with Gasteiger partial charge in [-0.1, -0.05) is 41.9 Å². The highest BCUT2D eigenvalue weighted by Gasteiger charge is 2.13. The number of nitrogens with one attached hydrogen (secondary N) is 1. The van der Waals surface area contributed by atoms with Crippen molar-refractivity contribution in [3.8, 4) is 5.75 Å². The quantitative estimate of drug-likeness (QED) is 0.529. The number of halogens is 1. The van der Waals surface area contributed by atoms with E-state index < -0.39 is 5.97 Å². The average molecular weight is 398 g/mol. The number of carboxylic acids is 1. The summed E-state index contributed by atoms with van der Waals surface area (Å²) in [4.78, 5) is 19.9. The summed E-state index contributed by atoms with van der Waals surface area (Å²) in [7, 11) is 0. The van der Waals surface area contributed by atoms with E-state index in [9.17, 15) is 9.90 Å². The van der Waals surface area contributed by atoms with Crippen molar-refractivity contribution in [1.82, 2.24) is 9.97 Å². The summed E-state index contributed by atoms with van der Waals surface area (Å²) in [6, 6.07) is 17.0. The van der Waals surface area contributed by atoms with Crippen molar-refractivity contribution in [3.63, 3.8) is 0 Å². The van der Waals surface area contributed by atoms with Crippen molar-refractivity contribution in [2.75, 3.05) is 18.5 Å². The molecular formula is C21H20ClN3O3. The molecule has 3 aromatic rings. The number of hydrogen-bond acceptors (Lipinski definition) is 5. The number of benzene rings is 2. The summed E-state index contributed by atoms with van der Waals surface area (Å²) in [6.07, 6.45) is 2.57. The minimum Gasteiger partial charge on any atom is -0.492 e. The molecule has 1 heterocycles. The topological polar surface area (TPSA) is 84.3 Å². The van der Waals surface area contributed by atoms with Crippen molar-refractivity contribution in [1.29, 1.82) is 0 Å². The van der Waals surface area contributed by atoms with Crippen LogP contribution in [0.25, 0.3) is 0 Å². The van der Waals surface area contributed by atoms with Crippen LogP contribution in [0.2, 0.25) is 5.02 Å². The van der Waals surface area contributed by atoms with Crippen molar-refractivity contribution >= 4 is 23.5 Å². The first-order chi connectivity index (χ1) is 13.6. The average Bonchev–Trinajstić information content (AvgIpc) is 2.71. The van der Waals surface area contributed by atoms with Gasteiger partial charge in [-0.3, -0.25) is 0 Å². The molecule has 0 aliphatic rings. The number of rotatable bonds is 9. The molecule has 0 aliphatic carbocycles. The number of anilines is 1. The van der Waals surface area contributed by atoms with Gasteiger partial charge in [0.2, 0.25) is 5.95 Å². The first-order valence-electron chi connectivity index (χ1n) is 8.87. The second-order valence-electron chi connectivity index (χ2n) is 6.07. The fourth-order valence-corrected chi connectivity index (χ4v) is 2.77. The van der Waals surface area contributed by atoms with Gasteiger partial charge in [0, 0.05) is 11.2 Å². The van der Waals surface area contributed by atoms with E-state index >= 15 is 0 Å². The lowest BCUT2D eigenvalue weighted by atomic mass is 10.1. The minimum absolute atomic E-state index is 0.124. The lowest BCUT2D eigenvalue weighted by Gasteiger charge is -2.10. The third kappa shape index (κ3) is 5.69. The number of carbonyl (C=O) groups is 1. The van der Waals surface area contributed by atoms with Crippen molar-refractivity contribution in [3.05, 3.63) is 82.6 Å². The van der Waals surface area contributed by atoms with Gasteiger partial charge in [0.25, 0.3) is 0 Å². The minimum atomic E-state index is -1.03. The van der Waals surface area contributed by atoms with E-state index in [2.05, 4.69) is 15.3 Å². The Morgan fingerprint density at radius 2 is 1.82 bits per heavy atom. The lowest BCUT2D eigenvalue weighted by Crippen LogP contribution is -2.15. The Kier molecular flexibility index (Phi) is 6.81. The fraction of sp³-hybridized carbons (Fsp3) is 0.190. The second-order valence-corrected chi connectivity index (χ2v) is 6.51. The number of nitrogens with zero attached hydrogens (tertiary/aromatic N) is 2. The van der Waals surface area contributed by atoms with Gasteiger partial charge in [-0.2, -0.15) is 0 Å². The molecule has 0 spiro atoms. The molecular weight excluding hydrogens is 378 g/mol. The van der Waals surface area contributed by atoms with Crippen LogP contribution < -0.4 is 10.1 Å². The Labute approximate surface area is 168 Å². The zero-order chi connectivity index (χ0) is 19.8. The molecule has 1 aromatic heterocycles. The smallest absolute Gasteiger partial charge is 0.339 e. The summed E-state index contributed by atoms with van der Waals surface area (Å²) in [5, 5.41) is 13.1. The normalized spacial score (nSPS) is 10.5. The van der Waals surface area contributed by atoms with Crippen LogP contribution in [0, 0.1) is 0 Å². The highest BCUT2D eigenvalue weighted by atomic mass is 35.5. The zero-order valence-corrected chi connectivity index (χ0v) is 15.9. The SMILES string of the molecule is O=C(O)c1cnc(NCCOc2ccc(Cl)cc2)nc1CCc1ccccc1. The van der Waals surface area contributed by atoms with Crippen molar-refractivity contribution in [2.45, 2.75) is 12.8 Å². The highest BCUT2D eigenvalue weighted by Crippen LogP contribution is 2.15. The van der Waals surface area contributed by atoms with E-state index in [0.717, 1.165) is 11.3 Å². The van der Waals surface area contributed by atoms with Gasteiger partial charge < -0.3 is 15.2 Å². The van der Waals surface area contributed by atoms with Crippen LogP contribution >= 0.6 is 11.6 Å². The molecule has 0 aliphatic heterocycles. The van der Waals surface area contributed by atoms with Crippen LogP contribution in [0.5, 0.6) is 5.75 Å². The molecule has 28 heavy (non-hydrogen) atoms. The lowest BCUT2D eigenvalue weighted by molar-refractivity contribution is 0.0694. The first kappa shape index (κ1) is 19.6. The van der Waals surface area contributed by atoms with Gasteiger partial charge in [0.1, 0.15) is 12.4 Å². The predicted octanol–water partition coefficient (Wildman–Crippen LogP) is 4.10. The van der Waals surface area contributed by atoms with Crippen molar-refractivity contribution < 1.29 is 14.6 Å². The van der Waals surface area contributed by atoms with E-state index in [-0.39, 0.29) is 5.56 Å². The third-order valence-corrected chi connectivity index (χ3v) is 4.31. The Hall–Kier alpha value is -3.12. The molecule has 2 N–H and O–H groups in total. The predicted molar refractivity (Wildman–Crippen MR) is 108 cm³/mol. The van der Waals surface area contributed by atoms with Crippen LogP contribution in [0.1, 0.15) is 21.6 Å². The Balaban J connectivity index is 1.58. The van der Waals surface area contributed by atoms with Gasteiger partial charge in [0.05, 0.1) is 17.8 Å². The van der Waals surface area contributed by atoms with Gasteiger partial charge in [-0.25, -0.2) is 14.8 Å². The fourth-order valence-electron chi connectivity index (χ4n) is 2.64. The molecule has 0 saturated heterocycles. The van der Waals surface area contributed by atoms with E-state index in [1.54, 1.807) is 24.3 Å². The molecule has 0 fully saturated rings. The maximum absolute atomic E-state index is 11.5. The third-order valence-electron chi connectivity index (χ3n) is 4.06. The van der Waals surface area contributed by atoms with Crippen LogP contribution in [-0.4, -0.2) is 34.2 Å². The molecule has 0 amide bonds. The summed E-state index contributed by atoms with van der Waals surface area (Å²) in [5.41, 5.74) is 1.76. The molecule has 0 saturated carbocycles. The molecule has 0 bridgehead atoms. The Morgan fingerprint density at radius 1 is 1.07 bits per heavy atom. The molecule has 0 atom stereocenters. The van der Waals surface area contributed by atoms with Gasteiger partial charge in [0.15, 0.2) is 0 Å². The van der Waals surface area contributed by atoms with Gasteiger partial charge in [-0.05, 0) is 42.7 Å². The number of aromatic carboxylic acids is 1. The zero-order valence-electron chi connectivity index (χ0n) is 15.1. The number of aryl methyl sites for hydroxylation is 2. The standard InChI is InChI=1S/C21H20ClN3O3/c22-16-7-9-17(10-8-16)28-13-12-23-21-24-14-18(20(26)27)19(25-21)11-6-15-4-2-1-3-5-15/h1-5,7-10,14H,6,11-13H2,(H,26,27)(H,23,24,25). The first-order valence-corrected chi connectivity index (χ1v) is 9.25. The Bertz CT molecular complexity index is 918. The van der Waals surface area contributed by atoms with E-state index in [4.69, 9.17) is 16.3 Å². The van der Waals surface area contributed by atoms with Crippen LogP contribution in [0.15, 0.2) is 60.8 Å². The molecule has 2 aromatic carbocycles. The van der Waals surface area contributed by atoms with E-state index in [1.165, 1.54) is 6.20 Å². The molecule has 3 rings (SSSR count). The van der Waals surface area contributed by atoms with Gasteiger partial charge >= 0.3 is 5.97 Å². The molecule has 6 nitrogen and oxygen atoms in total.